The number of ether oxygens (including phenoxy) is 1. The SMILES string of the molecule is Cc1ccccc1C(=O)N[C@H](C(=O)OCC(=O)Nc1c(F)cccc1F)C(C)C. The van der Waals surface area contributed by atoms with E-state index in [1.165, 1.54) is 0 Å². The Bertz CT molecular complexity index is 895. The van der Waals surface area contributed by atoms with E-state index in [4.69, 9.17) is 4.74 Å². The molecule has 6 nitrogen and oxygen atoms in total. The maximum Gasteiger partial charge on any atom is 0.329 e. The van der Waals surface area contributed by atoms with Crippen LogP contribution in [0.25, 0.3) is 0 Å². The van der Waals surface area contributed by atoms with E-state index >= 15 is 0 Å². The van der Waals surface area contributed by atoms with E-state index < -0.39 is 47.8 Å². The fraction of sp³-hybridized carbons (Fsp3) is 0.286. The van der Waals surface area contributed by atoms with Crippen LogP contribution >= 0.6 is 0 Å². The molecule has 0 fully saturated rings. The molecule has 2 aromatic carbocycles. The molecule has 0 aromatic heterocycles. The Morgan fingerprint density at radius 2 is 1.62 bits per heavy atom. The van der Waals surface area contributed by atoms with Crippen molar-refractivity contribution in [3.63, 3.8) is 0 Å². The van der Waals surface area contributed by atoms with Crippen LogP contribution in [0.4, 0.5) is 14.5 Å². The topological polar surface area (TPSA) is 84.5 Å². The monoisotopic (exact) mass is 404 g/mol. The maximum atomic E-state index is 13.6. The second-order valence-electron chi connectivity index (χ2n) is 6.76. The molecular formula is C21H22F2N2O4. The Labute approximate surface area is 167 Å². The molecule has 1 atom stereocenters. The average Bonchev–Trinajstić information content (AvgIpc) is 2.67. The lowest BCUT2D eigenvalue weighted by atomic mass is 10.0. The van der Waals surface area contributed by atoms with Crippen LogP contribution in [0.2, 0.25) is 0 Å². The zero-order valence-corrected chi connectivity index (χ0v) is 16.3. The summed E-state index contributed by atoms with van der Waals surface area (Å²) in [6, 6.07) is 9.02. The van der Waals surface area contributed by atoms with E-state index in [1.807, 2.05) is 5.32 Å². The summed E-state index contributed by atoms with van der Waals surface area (Å²) >= 11 is 0. The summed E-state index contributed by atoms with van der Waals surface area (Å²) in [7, 11) is 0. The Morgan fingerprint density at radius 3 is 2.21 bits per heavy atom. The standard InChI is InChI=1S/C21H22F2N2O4/c1-12(2)18(25-20(27)14-8-5-4-7-13(14)3)21(28)29-11-17(26)24-19-15(22)9-6-10-16(19)23/h4-10,12,18H,11H2,1-3H3,(H,24,26)(H,25,27)/t18-/m0/s1. The molecule has 0 unspecified atom stereocenters. The molecule has 0 aliphatic carbocycles. The van der Waals surface area contributed by atoms with Crippen molar-refractivity contribution < 1.29 is 27.9 Å². The minimum atomic E-state index is -1.000. The number of nitrogens with one attached hydrogen (secondary N) is 2. The molecule has 2 N–H and O–H groups in total. The molecule has 154 valence electrons. The minimum absolute atomic E-state index is 0.317. The van der Waals surface area contributed by atoms with Gasteiger partial charge in [0.05, 0.1) is 0 Å². The van der Waals surface area contributed by atoms with Crippen LogP contribution in [0.3, 0.4) is 0 Å². The van der Waals surface area contributed by atoms with Crippen LogP contribution < -0.4 is 10.6 Å². The third-order valence-electron chi connectivity index (χ3n) is 4.17. The first-order valence-electron chi connectivity index (χ1n) is 8.97. The van der Waals surface area contributed by atoms with Gasteiger partial charge in [0.15, 0.2) is 6.61 Å². The van der Waals surface area contributed by atoms with Gasteiger partial charge < -0.3 is 15.4 Å². The second kappa shape index (κ2) is 9.77. The highest BCUT2D eigenvalue weighted by Gasteiger charge is 2.27. The summed E-state index contributed by atoms with van der Waals surface area (Å²) < 4.78 is 32.1. The first-order chi connectivity index (χ1) is 13.7. The van der Waals surface area contributed by atoms with Crippen LogP contribution in [0.15, 0.2) is 42.5 Å². The predicted molar refractivity (Wildman–Crippen MR) is 103 cm³/mol. The molecule has 2 amide bonds. The molecule has 0 spiro atoms. The number of amides is 2. The average molecular weight is 404 g/mol. The number of benzene rings is 2. The fourth-order valence-corrected chi connectivity index (χ4v) is 2.56. The minimum Gasteiger partial charge on any atom is -0.454 e. The summed E-state index contributed by atoms with van der Waals surface area (Å²) in [5.41, 5.74) is 0.535. The highest BCUT2D eigenvalue weighted by molar-refractivity contribution is 5.98. The molecule has 0 bridgehead atoms. The van der Waals surface area contributed by atoms with Gasteiger partial charge in [-0.1, -0.05) is 38.1 Å². The number of hydrogen-bond donors (Lipinski definition) is 2. The van der Waals surface area contributed by atoms with Crippen molar-refractivity contribution >= 4 is 23.5 Å². The zero-order chi connectivity index (χ0) is 21.6. The molecule has 0 aliphatic heterocycles. The smallest absolute Gasteiger partial charge is 0.329 e. The molecule has 2 rings (SSSR count). The number of carbonyl (C=O) groups is 3. The van der Waals surface area contributed by atoms with E-state index in [-0.39, 0.29) is 5.92 Å². The Kier molecular flexibility index (Phi) is 7.41. The third kappa shape index (κ3) is 5.84. The lowest BCUT2D eigenvalue weighted by molar-refractivity contribution is -0.150. The number of anilines is 1. The molecule has 29 heavy (non-hydrogen) atoms. The summed E-state index contributed by atoms with van der Waals surface area (Å²) in [5.74, 6) is -4.40. The highest BCUT2D eigenvalue weighted by atomic mass is 19.1. The summed E-state index contributed by atoms with van der Waals surface area (Å²) in [4.78, 5) is 36.7. The van der Waals surface area contributed by atoms with Crippen molar-refractivity contribution in [2.24, 2.45) is 5.92 Å². The molecule has 8 heteroatoms. The normalized spacial score (nSPS) is 11.7. The lowest BCUT2D eigenvalue weighted by Crippen LogP contribution is -2.46. The van der Waals surface area contributed by atoms with Crippen LogP contribution in [-0.4, -0.2) is 30.4 Å². The maximum absolute atomic E-state index is 13.6. The zero-order valence-electron chi connectivity index (χ0n) is 16.3. The molecule has 0 saturated heterocycles. The van der Waals surface area contributed by atoms with Gasteiger partial charge in [-0.3, -0.25) is 9.59 Å². The van der Waals surface area contributed by atoms with Gasteiger partial charge in [0.25, 0.3) is 11.8 Å². The van der Waals surface area contributed by atoms with Crippen molar-refractivity contribution in [3.05, 3.63) is 65.2 Å². The van der Waals surface area contributed by atoms with Gasteiger partial charge in [0.1, 0.15) is 23.4 Å². The predicted octanol–water partition coefficient (Wildman–Crippen LogP) is 3.21. The van der Waals surface area contributed by atoms with E-state index in [9.17, 15) is 23.2 Å². The third-order valence-corrected chi connectivity index (χ3v) is 4.17. The lowest BCUT2D eigenvalue weighted by Gasteiger charge is -2.21. The number of esters is 1. The summed E-state index contributed by atoms with van der Waals surface area (Å²) in [5, 5.41) is 4.62. The number of rotatable bonds is 7. The first kappa shape index (κ1) is 22.0. The van der Waals surface area contributed by atoms with E-state index in [0.29, 0.717) is 5.56 Å². The van der Waals surface area contributed by atoms with Crippen molar-refractivity contribution in [1.82, 2.24) is 5.32 Å². The number of hydrogen-bond acceptors (Lipinski definition) is 4. The van der Waals surface area contributed by atoms with Crippen molar-refractivity contribution in [3.8, 4) is 0 Å². The Balaban J connectivity index is 1.98. The number of halogens is 2. The van der Waals surface area contributed by atoms with Gasteiger partial charge in [0.2, 0.25) is 0 Å². The number of aryl methyl sites for hydroxylation is 1. The fourth-order valence-electron chi connectivity index (χ4n) is 2.56. The Hall–Kier alpha value is -3.29. The van der Waals surface area contributed by atoms with Gasteiger partial charge in [-0.2, -0.15) is 0 Å². The number of para-hydroxylation sites is 1. The van der Waals surface area contributed by atoms with Gasteiger partial charge in [-0.05, 0) is 36.6 Å². The van der Waals surface area contributed by atoms with Crippen molar-refractivity contribution in [2.75, 3.05) is 11.9 Å². The molecule has 2 aromatic rings. The van der Waals surface area contributed by atoms with Crippen LogP contribution in [-0.2, 0) is 14.3 Å². The molecule has 0 aliphatic rings. The molecular weight excluding hydrogens is 382 g/mol. The molecule has 0 heterocycles. The van der Waals surface area contributed by atoms with E-state index in [1.54, 1.807) is 45.0 Å². The largest absolute Gasteiger partial charge is 0.454 e. The van der Waals surface area contributed by atoms with Crippen molar-refractivity contribution in [2.45, 2.75) is 26.8 Å². The van der Waals surface area contributed by atoms with E-state index in [0.717, 1.165) is 23.8 Å². The van der Waals surface area contributed by atoms with Gasteiger partial charge in [0, 0.05) is 5.56 Å². The Morgan fingerprint density at radius 1 is 1.00 bits per heavy atom. The van der Waals surface area contributed by atoms with Gasteiger partial charge >= 0.3 is 5.97 Å². The quantitative estimate of drug-likeness (QED) is 0.694. The van der Waals surface area contributed by atoms with Crippen LogP contribution in [0, 0.1) is 24.5 Å². The molecule has 0 saturated carbocycles. The van der Waals surface area contributed by atoms with Gasteiger partial charge in [-0.25, -0.2) is 13.6 Å². The highest BCUT2D eigenvalue weighted by Crippen LogP contribution is 2.18. The van der Waals surface area contributed by atoms with Gasteiger partial charge in [-0.15, -0.1) is 0 Å². The van der Waals surface area contributed by atoms with E-state index in [2.05, 4.69) is 5.32 Å². The second-order valence-corrected chi connectivity index (χ2v) is 6.76. The summed E-state index contributed by atoms with van der Waals surface area (Å²) in [6.45, 7) is 4.43. The van der Waals surface area contributed by atoms with Crippen LogP contribution in [0.1, 0.15) is 29.8 Å². The number of carbonyl (C=O) groups excluding carboxylic acids is 3. The molecule has 0 radical (unpaired) electrons. The summed E-state index contributed by atoms with van der Waals surface area (Å²) in [6.07, 6.45) is 0. The van der Waals surface area contributed by atoms with Crippen LogP contribution in [0.5, 0.6) is 0 Å². The van der Waals surface area contributed by atoms with Crippen molar-refractivity contribution in [1.29, 1.82) is 0 Å². The first-order valence-corrected chi connectivity index (χ1v) is 8.97.